The van der Waals surface area contributed by atoms with Gasteiger partial charge in [-0.1, -0.05) is 200 Å². The summed E-state index contributed by atoms with van der Waals surface area (Å²) in [5.41, 5.74) is 15.9. The van der Waals surface area contributed by atoms with Gasteiger partial charge >= 0.3 is 0 Å². The Morgan fingerprint density at radius 1 is 0.317 bits per heavy atom. The third kappa shape index (κ3) is 6.53. The third-order valence-corrected chi connectivity index (χ3v) is 12.1. The average Bonchev–Trinajstić information content (AvgIpc) is 3.77. The van der Waals surface area contributed by atoms with Crippen LogP contribution in [0.15, 0.2) is 229 Å². The van der Waals surface area contributed by atoms with E-state index in [9.17, 15) is 0 Å². The molecule has 3 aromatic heterocycles. The molecular formula is C59H37N3O. The minimum atomic E-state index is 0.673. The average molecular weight is 804 g/mol. The van der Waals surface area contributed by atoms with Crippen LogP contribution in [0.25, 0.3) is 122 Å². The Morgan fingerprint density at radius 3 is 1.60 bits per heavy atom. The summed E-state index contributed by atoms with van der Waals surface area (Å²) in [6, 6.07) is 78.5. The summed E-state index contributed by atoms with van der Waals surface area (Å²) < 4.78 is 6.68. The summed E-state index contributed by atoms with van der Waals surface area (Å²) in [6.07, 6.45) is 0. The van der Waals surface area contributed by atoms with Gasteiger partial charge in [0.1, 0.15) is 11.3 Å². The maximum absolute atomic E-state index is 6.68. The van der Waals surface area contributed by atoms with Crippen LogP contribution < -0.4 is 0 Å². The van der Waals surface area contributed by atoms with Crippen LogP contribution in [0.2, 0.25) is 0 Å². The molecule has 0 aliphatic heterocycles. The lowest BCUT2D eigenvalue weighted by Crippen LogP contribution is -1.96. The van der Waals surface area contributed by atoms with E-state index in [1.165, 1.54) is 11.1 Å². The molecule has 0 radical (unpaired) electrons. The Kier molecular flexibility index (Phi) is 8.79. The van der Waals surface area contributed by atoms with Gasteiger partial charge in [-0.05, 0) is 62.9 Å². The predicted molar refractivity (Wildman–Crippen MR) is 260 cm³/mol. The van der Waals surface area contributed by atoms with Crippen molar-refractivity contribution in [3.8, 4) is 78.5 Å². The SMILES string of the molecule is c1ccc(-c2ccc(-c3cc(-c4ccccc4)nc(-c4cccc(-c5cccc(-c6cccc7c6nc(-c6cccc8ccccc68)c6oc8ccccc8c67)c5)c4)n3)cc2)cc1. The summed E-state index contributed by atoms with van der Waals surface area (Å²) in [6.45, 7) is 0. The molecule has 0 spiro atoms. The molecule has 4 nitrogen and oxygen atoms in total. The van der Waals surface area contributed by atoms with Crippen molar-refractivity contribution in [3.63, 3.8) is 0 Å². The number of para-hydroxylation sites is 2. The van der Waals surface area contributed by atoms with Gasteiger partial charge in [-0.2, -0.15) is 0 Å². The Bertz CT molecular complexity index is 3660. The highest BCUT2D eigenvalue weighted by molar-refractivity contribution is 6.23. The number of fused-ring (bicyclic) bond motifs is 6. The summed E-state index contributed by atoms with van der Waals surface area (Å²) in [5.74, 6) is 0.673. The van der Waals surface area contributed by atoms with E-state index < -0.39 is 0 Å². The zero-order chi connectivity index (χ0) is 41.7. The molecule has 0 atom stereocenters. The predicted octanol–water partition coefficient (Wildman–Crippen LogP) is 15.7. The third-order valence-electron chi connectivity index (χ3n) is 12.1. The number of aromatic nitrogens is 3. The fourth-order valence-electron chi connectivity index (χ4n) is 9.00. The van der Waals surface area contributed by atoms with Gasteiger partial charge in [-0.15, -0.1) is 0 Å². The standard InChI is InChI=1S/C59H37N3O/c1-3-15-38(16-4-1)39-31-33-42(34-32-39)53-37-52(41-18-5-2-6-19-41)60-59(61-53)46-24-12-22-44(36-46)43-21-11-23-45(35-43)48-27-14-29-51-55-50-26-9-10-30-54(50)63-58(55)57(62-56(48)51)49-28-13-20-40-17-7-8-25-47(40)49/h1-37H. The van der Waals surface area contributed by atoms with E-state index in [1.807, 2.05) is 24.3 Å². The zero-order valence-corrected chi connectivity index (χ0v) is 34.1. The Balaban J connectivity index is 0.978. The molecule has 63 heavy (non-hydrogen) atoms. The molecule has 4 heteroatoms. The number of nitrogens with zero attached hydrogens (tertiary/aromatic N) is 3. The Morgan fingerprint density at radius 2 is 0.825 bits per heavy atom. The van der Waals surface area contributed by atoms with Crippen molar-refractivity contribution < 1.29 is 4.42 Å². The number of furan rings is 1. The molecule has 0 unspecified atom stereocenters. The summed E-state index contributed by atoms with van der Waals surface area (Å²) in [4.78, 5) is 15.9. The Hall–Kier alpha value is -8.47. The smallest absolute Gasteiger partial charge is 0.162 e. The first-order valence-electron chi connectivity index (χ1n) is 21.3. The summed E-state index contributed by atoms with van der Waals surface area (Å²) in [5, 5.41) is 5.52. The van der Waals surface area contributed by atoms with E-state index in [2.05, 4.69) is 200 Å². The van der Waals surface area contributed by atoms with Gasteiger partial charge in [-0.25, -0.2) is 15.0 Å². The first-order chi connectivity index (χ1) is 31.2. The van der Waals surface area contributed by atoms with Gasteiger partial charge in [-0.3, -0.25) is 0 Å². The van der Waals surface area contributed by atoms with Crippen molar-refractivity contribution in [2.45, 2.75) is 0 Å². The van der Waals surface area contributed by atoms with Gasteiger partial charge in [0.05, 0.1) is 16.9 Å². The monoisotopic (exact) mass is 803 g/mol. The highest BCUT2D eigenvalue weighted by Gasteiger charge is 2.21. The highest BCUT2D eigenvalue weighted by atomic mass is 16.3. The zero-order valence-electron chi connectivity index (χ0n) is 34.1. The molecule has 3 heterocycles. The van der Waals surface area contributed by atoms with E-state index in [-0.39, 0.29) is 0 Å². The highest BCUT2D eigenvalue weighted by Crippen LogP contribution is 2.43. The van der Waals surface area contributed by atoms with E-state index in [0.717, 1.165) is 105 Å². The number of benzene rings is 9. The van der Waals surface area contributed by atoms with Crippen LogP contribution in [0.1, 0.15) is 0 Å². The van der Waals surface area contributed by atoms with Crippen LogP contribution in [-0.2, 0) is 0 Å². The molecule has 9 aromatic carbocycles. The van der Waals surface area contributed by atoms with Crippen LogP contribution >= 0.6 is 0 Å². The summed E-state index contributed by atoms with van der Waals surface area (Å²) >= 11 is 0. The van der Waals surface area contributed by atoms with E-state index in [1.54, 1.807) is 0 Å². The van der Waals surface area contributed by atoms with Gasteiger partial charge < -0.3 is 4.42 Å². The van der Waals surface area contributed by atoms with E-state index >= 15 is 0 Å². The molecule has 0 N–H and O–H groups in total. The summed E-state index contributed by atoms with van der Waals surface area (Å²) in [7, 11) is 0. The van der Waals surface area contributed by atoms with Crippen LogP contribution in [0, 0.1) is 0 Å². The van der Waals surface area contributed by atoms with E-state index in [0.29, 0.717) is 5.82 Å². The topological polar surface area (TPSA) is 51.8 Å². The van der Waals surface area contributed by atoms with Crippen molar-refractivity contribution >= 4 is 43.6 Å². The van der Waals surface area contributed by atoms with Crippen molar-refractivity contribution in [1.29, 1.82) is 0 Å². The lowest BCUT2D eigenvalue weighted by Gasteiger charge is -2.13. The Labute approximate surface area is 364 Å². The van der Waals surface area contributed by atoms with Gasteiger partial charge in [0.2, 0.25) is 0 Å². The maximum atomic E-state index is 6.68. The van der Waals surface area contributed by atoms with Crippen LogP contribution in [-0.4, -0.2) is 15.0 Å². The van der Waals surface area contributed by atoms with E-state index in [4.69, 9.17) is 19.4 Å². The quantitative estimate of drug-likeness (QED) is 0.161. The van der Waals surface area contributed by atoms with Gasteiger partial charge in [0.25, 0.3) is 0 Å². The number of hydrogen-bond donors (Lipinski definition) is 0. The largest absolute Gasteiger partial charge is 0.454 e. The molecule has 0 bridgehead atoms. The lowest BCUT2D eigenvalue weighted by atomic mass is 9.94. The molecular weight excluding hydrogens is 767 g/mol. The molecule has 0 saturated heterocycles. The normalized spacial score (nSPS) is 11.5. The molecule has 12 aromatic rings. The lowest BCUT2D eigenvalue weighted by molar-refractivity contribution is 0.669. The number of hydrogen-bond acceptors (Lipinski definition) is 4. The van der Waals surface area contributed by atoms with Gasteiger partial charge in [0, 0.05) is 44.0 Å². The molecule has 0 aliphatic carbocycles. The first kappa shape index (κ1) is 36.4. The fraction of sp³-hybridized carbons (Fsp3) is 0. The van der Waals surface area contributed by atoms with Crippen molar-refractivity contribution in [2.24, 2.45) is 0 Å². The van der Waals surface area contributed by atoms with Crippen LogP contribution in [0.5, 0.6) is 0 Å². The second-order valence-electron chi connectivity index (χ2n) is 15.9. The first-order valence-corrected chi connectivity index (χ1v) is 21.3. The molecule has 0 aliphatic rings. The van der Waals surface area contributed by atoms with Crippen molar-refractivity contribution in [1.82, 2.24) is 15.0 Å². The molecule has 0 saturated carbocycles. The van der Waals surface area contributed by atoms with Crippen molar-refractivity contribution in [3.05, 3.63) is 224 Å². The minimum Gasteiger partial charge on any atom is -0.454 e. The van der Waals surface area contributed by atoms with Crippen LogP contribution in [0.3, 0.4) is 0 Å². The van der Waals surface area contributed by atoms with Gasteiger partial charge in [0.15, 0.2) is 11.4 Å². The fourth-order valence-corrected chi connectivity index (χ4v) is 9.00. The van der Waals surface area contributed by atoms with Crippen LogP contribution in [0.4, 0.5) is 0 Å². The van der Waals surface area contributed by atoms with Crippen molar-refractivity contribution in [2.75, 3.05) is 0 Å². The number of pyridine rings is 1. The molecule has 12 rings (SSSR count). The maximum Gasteiger partial charge on any atom is 0.162 e. The number of rotatable bonds is 7. The minimum absolute atomic E-state index is 0.673. The second-order valence-corrected chi connectivity index (χ2v) is 15.9. The second kappa shape index (κ2) is 15.2. The molecule has 294 valence electrons. The molecule has 0 fully saturated rings. The molecule has 0 amide bonds.